The highest BCUT2D eigenvalue weighted by Crippen LogP contribution is 2.06. The zero-order chi connectivity index (χ0) is 23.7. The van der Waals surface area contributed by atoms with Crippen LogP contribution in [0.5, 0.6) is 0 Å². The number of nitrogens with two attached hydrogens (primary N) is 1. The minimum absolute atomic E-state index is 0.535. The number of aliphatic carboxylic acids is 2. The molecule has 9 N–H and O–H groups in total. The molecule has 1 rings (SSSR count). The molecule has 14 heteroatoms. The van der Waals surface area contributed by atoms with Gasteiger partial charge >= 0.3 is 11.9 Å². The first-order valence-electron chi connectivity index (χ1n) is 9.47. The maximum Gasteiger partial charge on any atom is 0.326 e. The number of rotatable bonds is 12. The third kappa shape index (κ3) is 8.55. The summed E-state index contributed by atoms with van der Waals surface area (Å²) in [7, 11) is 0. The van der Waals surface area contributed by atoms with Gasteiger partial charge in [-0.05, 0) is 26.3 Å². The molecule has 0 aromatic rings. The quantitative estimate of drug-likeness (QED) is 0.145. The van der Waals surface area contributed by atoms with E-state index >= 15 is 0 Å². The topological polar surface area (TPSA) is 237 Å². The second-order valence-corrected chi connectivity index (χ2v) is 7.10. The Kier molecular flexibility index (Phi) is 9.82. The van der Waals surface area contributed by atoms with Gasteiger partial charge in [-0.15, -0.1) is 0 Å². The van der Waals surface area contributed by atoms with E-state index in [2.05, 4.69) is 16.0 Å². The standard InChI is InChI=1S/C17H27N5O9/c1-7(23)13(22-14(27)8-3-2-4-19-8)16(29)20-9(5-11(18)24)15(28)21-10(17(30)31)6-12(25)26/h7-10,13,19,23H,2-6H2,1H3,(H2,18,24)(H,20,29)(H,21,28)(H,22,27)(H,25,26)(H,30,31). The first-order chi connectivity index (χ1) is 14.4. The highest BCUT2D eigenvalue weighted by Gasteiger charge is 2.34. The molecule has 14 nitrogen and oxygen atoms in total. The molecular formula is C17H27N5O9. The molecule has 1 aliphatic rings. The van der Waals surface area contributed by atoms with Crippen LogP contribution in [0.3, 0.4) is 0 Å². The van der Waals surface area contributed by atoms with Crippen molar-refractivity contribution in [2.24, 2.45) is 5.73 Å². The number of aliphatic hydroxyl groups is 1. The first kappa shape index (κ1) is 25.8. The van der Waals surface area contributed by atoms with Gasteiger partial charge in [-0.2, -0.15) is 0 Å². The van der Waals surface area contributed by atoms with E-state index in [1.165, 1.54) is 6.92 Å². The van der Waals surface area contributed by atoms with Crippen LogP contribution in [0.25, 0.3) is 0 Å². The van der Waals surface area contributed by atoms with E-state index in [9.17, 15) is 33.9 Å². The molecule has 1 fully saturated rings. The smallest absolute Gasteiger partial charge is 0.326 e. The molecule has 4 amide bonds. The summed E-state index contributed by atoms with van der Waals surface area (Å²) < 4.78 is 0. The van der Waals surface area contributed by atoms with Crippen LogP contribution in [0.1, 0.15) is 32.6 Å². The summed E-state index contributed by atoms with van der Waals surface area (Å²) >= 11 is 0. The molecule has 5 unspecified atom stereocenters. The summed E-state index contributed by atoms with van der Waals surface area (Å²) in [6.07, 6.45) is -1.76. The number of amides is 4. The van der Waals surface area contributed by atoms with Crippen LogP contribution in [-0.4, -0.2) is 87.7 Å². The van der Waals surface area contributed by atoms with Crippen LogP contribution < -0.4 is 27.0 Å². The maximum absolute atomic E-state index is 12.6. The molecule has 0 aromatic carbocycles. The van der Waals surface area contributed by atoms with E-state index in [0.717, 1.165) is 6.42 Å². The molecule has 0 aliphatic carbocycles. The van der Waals surface area contributed by atoms with E-state index in [4.69, 9.17) is 15.9 Å². The Labute approximate surface area is 176 Å². The first-order valence-corrected chi connectivity index (χ1v) is 9.47. The largest absolute Gasteiger partial charge is 0.481 e. The van der Waals surface area contributed by atoms with Gasteiger partial charge in [0, 0.05) is 0 Å². The number of carboxylic acids is 2. The Hall–Kier alpha value is -3.26. The average Bonchev–Trinajstić information content (AvgIpc) is 3.18. The fourth-order valence-electron chi connectivity index (χ4n) is 2.89. The molecule has 174 valence electrons. The van der Waals surface area contributed by atoms with Gasteiger partial charge in [0.1, 0.15) is 18.1 Å². The summed E-state index contributed by atoms with van der Waals surface area (Å²) in [4.78, 5) is 70.4. The lowest BCUT2D eigenvalue weighted by Crippen LogP contribution is -2.60. The van der Waals surface area contributed by atoms with Crippen LogP contribution >= 0.6 is 0 Å². The van der Waals surface area contributed by atoms with E-state index in [0.29, 0.717) is 13.0 Å². The van der Waals surface area contributed by atoms with E-state index < -0.39 is 78.7 Å². The van der Waals surface area contributed by atoms with Gasteiger partial charge in [-0.3, -0.25) is 24.0 Å². The normalized spacial score (nSPS) is 19.4. The van der Waals surface area contributed by atoms with Gasteiger partial charge in [-0.1, -0.05) is 0 Å². The molecule has 31 heavy (non-hydrogen) atoms. The molecule has 0 spiro atoms. The van der Waals surface area contributed by atoms with Crippen molar-refractivity contribution in [2.45, 2.75) is 62.9 Å². The predicted octanol–water partition coefficient (Wildman–Crippen LogP) is -3.99. The maximum atomic E-state index is 12.6. The van der Waals surface area contributed by atoms with Gasteiger partial charge in [0.2, 0.25) is 23.6 Å². The monoisotopic (exact) mass is 445 g/mol. The molecule has 5 atom stereocenters. The van der Waals surface area contributed by atoms with Gasteiger partial charge in [0.15, 0.2) is 0 Å². The van der Waals surface area contributed by atoms with Crippen molar-refractivity contribution in [3.63, 3.8) is 0 Å². The zero-order valence-electron chi connectivity index (χ0n) is 16.8. The van der Waals surface area contributed by atoms with Gasteiger partial charge in [-0.25, -0.2) is 4.79 Å². The summed E-state index contributed by atoms with van der Waals surface area (Å²) in [5.41, 5.74) is 5.07. The molecular weight excluding hydrogens is 418 g/mol. The lowest BCUT2D eigenvalue weighted by atomic mass is 10.1. The molecule has 1 heterocycles. The van der Waals surface area contributed by atoms with Crippen LogP contribution in [-0.2, 0) is 28.8 Å². The summed E-state index contributed by atoms with van der Waals surface area (Å²) in [5.74, 6) is -6.89. The molecule has 1 saturated heterocycles. The Bertz CT molecular complexity index is 721. The molecule has 0 aromatic heterocycles. The second-order valence-electron chi connectivity index (χ2n) is 7.10. The summed E-state index contributed by atoms with van der Waals surface area (Å²) in [6.45, 7) is 1.84. The number of primary amides is 1. The third-order valence-electron chi connectivity index (χ3n) is 4.47. The van der Waals surface area contributed by atoms with Gasteiger partial charge < -0.3 is 42.3 Å². The molecule has 0 radical (unpaired) electrons. The number of hydrogen-bond acceptors (Lipinski definition) is 8. The SMILES string of the molecule is CC(O)C(NC(=O)C1CCCN1)C(=O)NC(CC(N)=O)C(=O)NC(CC(=O)O)C(=O)O. The molecule has 1 aliphatic heterocycles. The fourth-order valence-corrected chi connectivity index (χ4v) is 2.89. The van der Waals surface area contributed by atoms with Crippen molar-refractivity contribution < 1.29 is 44.1 Å². The van der Waals surface area contributed by atoms with Crippen molar-refractivity contribution in [1.29, 1.82) is 0 Å². The van der Waals surface area contributed by atoms with Gasteiger partial charge in [0.25, 0.3) is 0 Å². The van der Waals surface area contributed by atoms with Crippen molar-refractivity contribution in [3.05, 3.63) is 0 Å². The molecule has 0 saturated carbocycles. The van der Waals surface area contributed by atoms with Crippen molar-refractivity contribution in [2.75, 3.05) is 6.54 Å². The fraction of sp³-hybridized carbons (Fsp3) is 0.647. The number of hydrogen-bond donors (Lipinski definition) is 8. The van der Waals surface area contributed by atoms with Crippen LogP contribution in [0, 0.1) is 0 Å². The van der Waals surface area contributed by atoms with E-state index in [-0.39, 0.29) is 0 Å². The molecule has 0 bridgehead atoms. The Morgan fingerprint density at radius 3 is 2.06 bits per heavy atom. The van der Waals surface area contributed by atoms with Crippen LogP contribution in [0.15, 0.2) is 0 Å². The Balaban J connectivity index is 2.90. The average molecular weight is 445 g/mol. The highest BCUT2D eigenvalue weighted by atomic mass is 16.4. The van der Waals surface area contributed by atoms with Crippen LogP contribution in [0.4, 0.5) is 0 Å². The predicted molar refractivity (Wildman–Crippen MR) is 102 cm³/mol. The number of carbonyl (C=O) groups excluding carboxylic acids is 4. The lowest BCUT2D eigenvalue weighted by molar-refractivity contribution is -0.147. The van der Waals surface area contributed by atoms with Crippen molar-refractivity contribution in [1.82, 2.24) is 21.3 Å². The van der Waals surface area contributed by atoms with E-state index in [1.54, 1.807) is 0 Å². The minimum atomic E-state index is -1.82. The highest BCUT2D eigenvalue weighted by molar-refractivity contribution is 5.96. The third-order valence-corrected chi connectivity index (χ3v) is 4.47. The lowest BCUT2D eigenvalue weighted by Gasteiger charge is -2.26. The van der Waals surface area contributed by atoms with Gasteiger partial charge in [0.05, 0.1) is 25.0 Å². The van der Waals surface area contributed by atoms with Crippen molar-refractivity contribution in [3.8, 4) is 0 Å². The van der Waals surface area contributed by atoms with E-state index in [1.807, 2.05) is 5.32 Å². The summed E-state index contributed by atoms with van der Waals surface area (Å²) in [6, 6.07) is -5.51. The second kappa shape index (κ2) is 11.8. The van der Waals surface area contributed by atoms with Crippen LogP contribution in [0.2, 0.25) is 0 Å². The number of carbonyl (C=O) groups is 6. The number of aliphatic hydroxyl groups excluding tert-OH is 1. The Morgan fingerprint density at radius 1 is 1.00 bits per heavy atom. The minimum Gasteiger partial charge on any atom is -0.481 e. The van der Waals surface area contributed by atoms with Crippen molar-refractivity contribution >= 4 is 35.6 Å². The number of carboxylic acid groups (broad SMARTS) is 2. The summed E-state index contributed by atoms with van der Waals surface area (Å²) in [5, 5.41) is 37.0. The zero-order valence-corrected chi connectivity index (χ0v) is 16.8. The number of nitrogens with one attached hydrogen (secondary N) is 4. The Morgan fingerprint density at radius 2 is 1.61 bits per heavy atom.